The number of piperidine rings is 1. The summed E-state index contributed by atoms with van der Waals surface area (Å²) in [7, 11) is 0. The van der Waals surface area contributed by atoms with E-state index in [1.165, 1.54) is 41.9 Å². The number of rotatable bonds is 7. The first kappa shape index (κ1) is 21.0. The summed E-state index contributed by atoms with van der Waals surface area (Å²) >= 11 is 1.96. The Bertz CT molecular complexity index is 887. The molecule has 2 saturated heterocycles. The first-order chi connectivity index (χ1) is 15.0. The van der Waals surface area contributed by atoms with Crippen molar-refractivity contribution in [2.45, 2.75) is 58.5 Å². The fraction of sp³-hybridized carbons (Fsp3) is 0.667. The number of carbonyl (C=O) groups is 1. The van der Waals surface area contributed by atoms with Gasteiger partial charge in [-0.1, -0.05) is 19.0 Å². The third kappa shape index (κ3) is 4.67. The van der Waals surface area contributed by atoms with Gasteiger partial charge in [0.2, 0.25) is 5.76 Å². The van der Waals surface area contributed by atoms with Crippen LogP contribution in [0.25, 0.3) is 0 Å². The van der Waals surface area contributed by atoms with Crippen LogP contribution in [0.5, 0.6) is 0 Å². The number of fused-ring (bicyclic) bond motifs is 2. The number of nitrogens with one attached hydrogen (secondary N) is 1. The van der Waals surface area contributed by atoms with E-state index < -0.39 is 0 Å². The van der Waals surface area contributed by atoms with Crippen molar-refractivity contribution in [3.63, 3.8) is 0 Å². The topological polar surface area (TPSA) is 61.6 Å². The molecule has 4 heterocycles. The summed E-state index contributed by atoms with van der Waals surface area (Å²) in [5.41, 5.74) is 0. The highest BCUT2D eigenvalue weighted by molar-refractivity contribution is 7.11. The second-order valence-corrected chi connectivity index (χ2v) is 11.3. The molecule has 6 nitrogen and oxygen atoms in total. The number of amides is 1. The lowest BCUT2D eigenvalue weighted by molar-refractivity contribution is 0.0793. The number of carbonyl (C=O) groups excluding carboxylic acids is 1. The number of hydrogen-bond donors (Lipinski definition) is 1. The molecule has 1 unspecified atom stereocenters. The number of thiophene rings is 1. The number of likely N-dealkylation sites (tertiary alicyclic amines) is 1. The van der Waals surface area contributed by atoms with Crippen molar-refractivity contribution in [2.24, 2.45) is 17.8 Å². The van der Waals surface area contributed by atoms with E-state index in [4.69, 9.17) is 4.52 Å². The van der Waals surface area contributed by atoms with Crippen LogP contribution in [-0.4, -0.2) is 48.2 Å². The highest BCUT2D eigenvalue weighted by Gasteiger charge is 2.43. The van der Waals surface area contributed by atoms with Crippen molar-refractivity contribution in [3.05, 3.63) is 33.7 Å². The van der Waals surface area contributed by atoms with Gasteiger partial charge in [0.15, 0.2) is 5.82 Å². The fourth-order valence-electron chi connectivity index (χ4n) is 5.61. The van der Waals surface area contributed by atoms with Crippen LogP contribution in [0.15, 0.2) is 22.7 Å². The van der Waals surface area contributed by atoms with Gasteiger partial charge >= 0.3 is 0 Å². The van der Waals surface area contributed by atoms with E-state index in [0.29, 0.717) is 23.5 Å². The summed E-state index contributed by atoms with van der Waals surface area (Å²) in [5, 5.41) is 7.42. The number of hydrogen-bond acceptors (Lipinski definition) is 6. The van der Waals surface area contributed by atoms with Gasteiger partial charge in [-0.3, -0.25) is 9.69 Å². The summed E-state index contributed by atoms with van der Waals surface area (Å²) in [6.07, 6.45) is 5.93. The van der Waals surface area contributed by atoms with E-state index in [1.807, 2.05) is 17.4 Å². The average Bonchev–Trinajstić information content (AvgIpc) is 3.50. The van der Waals surface area contributed by atoms with Crippen LogP contribution >= 0.6 is 11.3 Å². The van der Waals surface area contributed by atoms with E-state index >= 15 is 0 Å². The number of aromatic nitrogens is 1. The van der Waals surface area contributed by atoms with Gasteiger partial charge in [0.05, 0.1) is 0 Å². The van der Waals surface area contributed by atoms with Gasteiger partial charge in [0.1, 0.15) is 0 Å². The molecule has 0 spiro atoms. The fourth-order valence-corrected chi connectivity index (χ4v) is 6.89. The normalized spacial score (nSPS) is 26.2. The first-order valence-electron chi connectivity index (χ1n) is 11.9. The molecule has 3 fully saturated rings. The number of nitrogens with zero attached hydrogens (tertiary/aromatic N) is 3. The van der Waals surface area contributed by atoms with Gasteiger partial charge in [-0.2, -0.15) is 0 Å². The van der Waals surface area contributed by atoms with Gasteiger partial charge in [0, 0.05) is 54.6 Å². The molecule has 3 atom stereocenters. The molecule has 5 rings (SSSR count). The molecule has 1 N–H and O–H groups in total. The SMILES string of the molecule is CC(C)Cc1ccc(CN2C[C@H]3CC[C@@H](C2)C3NC(=O)c2cc(N3CCCC3)no2)s1. The monoisotopic (exact) mass is 442 g/mol. The van der Waals surface area contributed by atoms with Gasteiger partial charge in [-0.15, -0.1) is 11.3 Å². The van der Waals surface area contributed by atoms with E-state index in [2.05, 4.69) is 46.3 Å². The molecule has 1 aliphatic carbocycles. The van der Waals surface area contributed by atoms with Crippen molar-refractivity contribution in [2.75, 3.05) is 31.1 Å². The minimum Gasteiger partial charge on any atom is -0.354 e. The average molecular weight is 443 g/mol. The Morgan fingerprint density at radius 3 is 2.61 bits per heavy atom. The third-order valence-corrected chi connectivity index (χ3v) is 8.16. The van der Waals surface area contributed by atoms with Crippen LogP contribution in [0.1, 0.15) is 59.8 Å². The molecule has 0 radical (unpaired) electrons. The highest BCUT2D eigenvalue weighted by Crippen LogP contribution is 2.38. The molecule has 31 heavy (non-hydrogen) atoms. The standard InChI is InChI=1S/C24H34N4O2S/c1-16(2)11-19-7-8-20(31-19)15-27-13-17-5-6-18(14-27)23(17)25-24(29)21-12-22(26-30-21)28-9-3-4-10-28/h7-8,12,16-18,23H,3-6,9-11,13-15H2,1-2H3,(H,25,29)/t17-,18+,23?. The molecule has 0 aromatic carbocycles. The molecule has 3 aliphatic rings. The Morgan fingerprint density at radius 1 is 1.19 bits per heavy atom. The molecule has 1 amide bonds. The lowest BCUT2D eigenvalue weighted by atomic mass is 9.92. The first-order valence-corrected chi connectivity index (χ1v) is 12.7. The zero-order chi connectivity index (χ0) is 21.4. The molecule has 7 heteroatoms. The lowest BCUT2D eigenvalue weighted by Gasteiger charge is -2.38. The van der Waals surface area contributed by atoms with Crippen LogP contribution in [0.3, 0.4) is 0 Å². The van der Waals surface area contributed by atoms with Crippen molar-refractivity contribution in [3.8, 4) is 0 Å². The van der Waals surface area contributed by atoms with Crippen LogP contribution < -0.4 is 10.2 Å². The third-order valence-electron chi connectivity index (χ3n) is 7.06. The Morgan fingerprint density at radius 2 is 1.90 bits per heavy atom. The Hall–Kier alpha value is -1.86. The molecule has 2 bridgehead atoms. The quantitative estimate of drug-likeness (QED) is 0.697. The van der Waals surface area contributed by atoms with Crippen molar-refractivity contribution in [1.82, 2.24) is 15.4 Å². The summed E-state index contributed by atoms with van der Waals surface area (Å²) in [6.45, 7) is 9.73. The van der Waals surface area contributed by atoms with Crippen LogP contribution in [-0.2, 0) is 13.0 Å². The van der Waals surface area contributed by atoms with Crippen LogP contribution in [0.4, 0.5) is 5.82 Å². The van der Waals surface area contributed by atoms with E-state index in [0.717, 1.165) is 38.5 Å². The predicted molar refractivity (Wildman–Crippen MR) is 124 cm³/mol. The smallest absolute Gasteiger partial charge is 0.290 e. The molecular formula is C24H34N4O2S. The maximum absolute atomic E-state index is 12.8. The van der Waals surface area contributed by atoms with Crippen molar-refractivity contribution in [1.29, 1.82) is 0 Å². The summed E-state index contributed by atoms with van der Waals surface area (Å²) in [5.74, 6) is 2.80. The van der Waals surface area contributed by atoms with Crippen LogP contribution in [0.2, 0.25) is 0 Å². The summed E-state index contributed by atoms with van der Waals surface area (Å²) < 4.78 is 5.39. The lowest BCUT2D eigenvalue weighted by Crippen LogP contribution is -2.52. The molecule has 2 aliphatic heterocycles. The van der Waals surface area contributed by atoms with Gasteiger partial charge in [-0.05, 0) is 62.0 Å². The molecule has 1 saturated carbocycles. The minimum atomic E-state index is -0.107. The van der Waals surface area contributed by atoms with E-state index in [-0.39, 0.29) is 11.9 Å². The van der Waals surface area contributed by atoms with Gasteiger partial charge in [0.25, 0.3) is 5.91 Å². The maximum Gasteiger partial charge on any atom is 0.290 e. The predicted octanol–water partition coefficient (Wildman–Crippen LogP) is 4.18. The zero-order valence-corrected chi connectivity index (χ0v) is 19.5. The molecule has 2 aromatic rings. The van der Waals surface area contributed by atoms with E-state index in [9.17, 15) is 4.79 Å². The van der Waals surface area contributed by atoms with E-state index in [1.54, 1.807) is 0 Å². The van der Waals surface area contributed by atoms with Gasteiger partial charge < -0.3 is 14.7 Å². The Labute approximate surface area is 189 Å². The molecular weight excluding hydrogens is 408 g/mol. The van der Waals surface area contributed by atoms with Crippen molar-refractivity contribution < 1.29 is 9.32 Å². The van der Waals surface area contributed by atoms with Crippen LogP contribution in [0, 0.1) is 17.8 Å². The Kier molecular flexibility index (Phi) is 6.06. The summed E-state index contributed by atoms with van der Waals surface area (Å²) in [6, 6.07) is 6.67. The number of anilines is 1. The Balaban J connectivity index is 1.17. The summed E-state index contributed by atoms with van der Waals surface area (Å²) in [4.78, 5) is 20.6. The second-order valence-electron chi connectivity index (χ2n) is 10.0. The molecule has 2 aromatic heterocycles. The van der Waals surface area contributed by atoms with Crippen molar-refractivity contribution >= 4 is 23.1 Å². The highest BCUT2D eigenvalue weighted by atomic mass is 32.1. The van der Waals surface area contributed by atoms with Gasteiger partial charge in [-0.25, -0.2) is 0 Å². The zero-order valence-electron chi connectivity index (χ0n) is 18.7. The second kappa shape index (κ2) is 8.94. The maximum atomic E-state index is 12.8. The largest absolute Gasteiger partial charge is 0.354 e. The minimum absolute atomic E-state index is 0.107. The molecule has 168 valence electrons.